The maximum absolute atomic E-state index is 14.8. The topological polar surface area (TPSA) is 92.6 Å². The molecule has 1 aliphatic rings. The normalized spacial score (nSPS) is 17.9. The monoisotopic (exact) mass is 439 g/mol. The molecule has 1 fully saturated rings. The first-order valence-corrected chi connectivity index (χ1v) is 10.3. The summed E-state index contributed by atoms with van der Waals surface area (Å²) >= 11 is 1.10. The van der Waals surface area contributed by atoms with Gasteiger partial charge in [0.25, 0.3) is 5.78 Å². The van der Waals surface area contributed by atoms with E-state index < -0.39 is 29.3 Å². The first-order valence-electron chi connectivity index (χ1n) is 9.51. The number of aromatic nitrogens is 2. The molecule has 1 aliphatic heterocycles. The summed E-state index contributed by atoms with van der Waals surface area (Å²) in [6, 6.07) is 11.0. The van der Waals surface area contributed by atoms with Gasteiger partial charge < -0.3 is 9.84 Å². The lowest BCUT2D eigenvalue weighted by atomic mass is 9.95. The van der Waals surface area contributed by atoms with Gasteiger partial charge in [0, 0.05) is 11.1 Å². The van der Waals surface area contributed by atoms with E-state index >= 15 is 0 Å². The van der Waals surface area contributed by atoms with E-state index in [0.717, 1.165) is 16.2 Å². The Kier molecular flexibility index (Phi) is 5.51. The molecule has 0 saturated carbocycles. The van der Waals surface area contributed by atoms with Crippen molar-refractivity contribution in [2.45, 2.75) is 19.9 Å². The Hall–Kier alpha value is -3.59. The number of benzene rings is 2. The molecule has 3 aromatic rings. The summed E-state index contributed by atoms with van der Waals surface area (Å²) < 4.78 is 20.2. The maximum Gasteiger partial charge on any atom is 0.301 e. The van der Waals surface area contributed by atoms with Crippen LogP contribution in [0.4, 0.5) is 9.52 Å². The molecule has 31 heavy (non-hydrogen) atoms. The number of hydrogen-bond donors (Lipinski definition) is 1. The number of amides is 1. The summed E-state index contributed by atoms with van der Waals surface area (Å²) in [4.78, 5) is 27.0. The van der Waals surface area contributed by atoms with E-state index in [1.807, 2.05) is 6.92 Å². The smallest absolute Gasteiger partial charge is 0.301 e. The molecular formula is C22H18FN3O4S. The van der Waals surface area contributed by atoms with E-state index in [0.29, 0.717) is 22.9 Å². The van der Waals surface area contributed by atoms with Crippen LogP contribution in [0.2, 0.25) is 0 Å². The molecule has 2 heterocycles. The van der Waals surface area contributed by atoms with Crippen molar-refractivity contribution in [3.63, 3.8) is 0 Å². The Bertz CT molecular complexity index is 1190. The number of aryl methyl sites for hydroxylation is 1. The van der Waals surface area contributed by atoms with Crippen LogP contribution in [0.15, 0.2) is 54.1 Å². The Morgan fingerprint density at radius 1 is 1.16 bits per heavy atom. The van der Waals surface area contributed by atoms with Crippen molar-refractivity contribution < 1.29 is 23.8 Å². The molecule has 2 aromatic carbocycles. The van der Waals surface area contributed by atoms with Gasteiger partial charge in [-0.25, -0.2) is 4.39 Å². The van der Waals surface area contributed by atoms with Crippen molar-refractivity contribution in [2.24, 2.45) is 0 Å². The summed E-state index contributed by atoms with van der Waals surface area (Å²) in [5, 5.41) is 19.6. The van der Waals surface area contributed by atoms with Crippen molar-refractivity contribution in [3.8, 4) is 5.75 Å². The van der Waals surface area contributed by atoms with Crippen LogP contribution >= 0.6 is 11.3 Å². The molecule has 158 valence electrons. The number of ketones is 1. The number of anilines is 1. The van der Waals surface area contributed by atoms with Crippen molar-refractivity contribution in [1.82, 2.24) is 10.2 Å². The number of Topliss-reactive ketones (excluding diaryl/α,β-unsaturated/α-hetero) is 1. The van der Waals surface area contributed by atoms with Gasteiger partial charge >= 0.3 is 5.91 Å². The lowest BCUT2D eigenvalue weighted by Gasteiger charge is -2.22. The van der Waals surface area contributed by atoms with E-state index in [9.17, 15) is 19.1 Å². The third-order valence-corrected chi connectivity index (χ3v) is 5.64. The van der Waals surface area contributed by atoms with Gasteiger partial charge in [-0.15, -0.1) is 10.2 Å². The van der Waals surface area contributed by atoms with Gasteiger partial charge in [0.1, 0.15) is 28.4 Å². The summed E-state index contributed by atoms with van der Waals surface area (Å²) in [7, 11) is 0. The Balaban J connectivity index is 1.90. The molecule has 1 amide bonds. The number of carbonyl (C=O) groups is 2. The first-order chi connectivity index (χ1) is 14.9. The number of halogens is 1. The number of ether oxygens (including phenoxy) is 1. The highest BCUT2D eigenvalue weighted by Crippen LogP contribution is 2.43. The number of rotatable bonds is 5. The van der Waals surface area contributed by atoms with Gasteiger partial charge in [-0.2, -0.15) is 0 Å². The summed E-state index contributed by atoms with van der Waals surface area (Å²) in [5.41, 5.74) is 0.158. The zero-order valence-corrected chi connectivity index (χ0v) is 17.5. The highest BCUT2D eigenvalue weighted by molar-refractivity contribution is 7.15. The van der Waals surface area contributed by atoms with Crippen LogP contribution in [0.25, 0.3) is 5.76 Å². The van der Waals surface area contributed by atoms with Crippen LogP contribution in [0, 0.1) is 12.7 Å². The van der Waals surface area contributed by atoms with Crippen LogP contribution in [0.3, 0.4) is 0 Å². The van der Waals surface area contributed by atoms with Gasteiger partial charge in [-0.1, -0.05) is 29.5 Å². The lowest BCUT2D eigenvalue weighted by Crippen LogP contribution is -2.29. The van der Waals surface area contributed by atoms with Gasteiger partial charge in [0.15, 0.2) is 0 Å². The second-order valence-corrected chi connectivity index (χ2v) is 7.91. The van der Waals surface area contributed by atoms with E-state index in [1.165, 1.54) is 18.2 Å². The molecule has 7 nitrogen and oxygen atoms in total. The van der Waals surface area contributed by atoms with Crippen molar-refractivity contribution >= 4 is 33.9 Å². The van der Waals surface area contributed by atoms with E-state index in [4.69, 9.17) is 4.74 Å². The van der Waals surface area contributed by atoms with E-state index in [2.05, 4.69) is 10.2 Å². The van der Waals surface area contributed by atoms with Crippen molar-refractivity contribution in [3.05, 3.63) is 76.1 Å². The minimum absolute atomic E-state index is 0.0713. The molecular weight excluding hydrogens is 421 g/mol. The average molecular weight is 439 g/mol. The summed E-state index contributed by atoms with van der Waals surface area (Å²) in [5.74, 6) is -2.25. The third-order valence-electron chi connectivity index (χ3n) is 4.80. The van der Waals surface area contributed by atoms with Crippen LogP contribution in [-0.4, -0.2) is 33.6 Å². The lowest BCUT2D eigenvalue weighted by molar-refractivity contribution is -0.132. The molecule has 0 spiro atoms. The average Bonchev–Trinajstić information content (AvgIpc) is 3.29. The SMILES string of the molecule is CCOc1ccc(C(O)=C2C(=O)C(=O)N(c3nnc(C)s3)[C@H]2c2ccccc2F)cc1. The fourth-order valence-electron chi connectivity index (χ4n) is 3.44. The van der Waals surface area contributed by atoms with E-state index in [-0.39, 0.29) is 16.3 Å². The Labute approximate surface area is 181 Å². The number of aliphatic hydroxyl groups excluding tert-OH is 1. The largest absolute Gasteiger partial charge is 0.507 e. The fourth-order valence-corrected chi connectivity index (χ4v) is 4.15. The molecule has 0 bridgehead atoms. The first kappa shape index (κ1) is 20.7. The van der Waals surface area contributed by atoms with Crippen molar-refractivity contribution in [2.75, 3.05) is 11.5 Å². The minimum Gasteiger partial charge on any atom is -0.507 e. The molecule has 1 atom stereocenters. The van der Waals surface area contributed by atoms with Crippen LogP contribution in [-0.2, 0) is 9.59 Å². The molecule has 1 N–H and O–H groups in total. The summed E-state index contributed by atoms with van der Waals surface area (Å²) in [6.07, 6.45) is 0. The highest BCUT2D eigenvalue weighted by Gasteiger charge is 2.49. The molecule has 0 unspecified atom stereocenters. The predicted molar refractivity (Wildman–Crippen MR) is 113 cm³/mol. The molecule has 1 aromatic heterocycles. The number of nitrogens with zero attached hydrogens (tertiary/aromatic N) is 3. The fraction of sp³-hybridized carbons (Fsp3) is 0.182. The molecule has 1 saturated heterocycles. The summed E-state index contributed by atoms with van der Waals surface area (Å²) in [6.45, 7) is 4.03. The highest BCUT2D eigenvalue weighted by atomic mass is 32.1. The zero-order chi connectivity index (χ0) is 22.1. The Morgan fingerprint density at radius 3 is 2.48 bits per heavy atom. The molecule has 0 aliphatic carbocycles. The zero-order valence-electron chi connectivity index (χ0n) is 16.7. The minimum atomic E-state index is -1.18. The standard InChI is InChI=1S/C22H18FN3O4S/c1-3-30-14-10-8-13(9-11-14)19(27)17-18(15-6-4-5-7-16(15)23)26(21(29)20(17)28)22-25-24-12(2)31-22/h4-11,18,27H,3H2,1-2H3/t18-/m0/s1. The maximum atomic E-state index is 14.8. The number of hydrogen-bond acceptors (Lipinski definition) is 7. The quantitative estimate of drug-likeness (QED) is 0.367. The predicted octanol–water partition coefficient (Wildman–Crippen LogP) is 4.01. The van der Waals surface area contributed by atoms with Gasteiger partial charge in [0.2, 0.25) is 5.13 Å². The molecule has 0 radical (unpaired) electrons. The third kappa shape index (κ3) is 3.68. The number of aliphatic hydroxyl groups is 1. The second kappa shape index (κ2) is 8.27. The van der Waals surface area contributed by atoms with Gasteiger partial charge in [0.05, 0.1) is 12.2 Å². The van der Waals surface area contributed by atoms with Gasteiger partial charge in [-0.3, -0.25) is 14.5 Å². The van der Waals surface area contributed by atoms with E-state index in [1.54, 1.807) is 37.3 Å². The number of carbonyl (C=O) groups excluding carboxylic acids is 2. The van der Waals surface area contributed by atoms with Gasteiger partial charge in [-0.05, 0) is 44.2 Å². The van der Waals surface area contributed by atoms with Crippen molar-refractivity contribution in [1.29, 1.82) is 0 Å². The Morgan fingerprint density at radius 2 is 1.87 bits per heavy atom. The van der Waals surface area contributed by atoms with Crippen LogP contribution in [0.1, 0.15) is 29.1 Å². The van der Waals surface area contributed by atoms with Crippen LogP contribution in [0.5, 0.6) is 5.75 Å². The second-order valence-electron chi connectivity index (χ2n) is 6.75. The molecule has 9 heteroatoms. The van der Waals surface area contributed by atoms with Crippen LogP contribution < -0.4 is 9.64 Å². The molecule has 4 rings (SSSR count).